The number of nitrogens with one attached hydrogen (secondary N) is 1. The second-order valence-corrected chi connectivity index (χ2v) is 6.90. The van der Waals surface area contributed by atoms with Gasteiger partial charge in [-0.05, 0) is 18.4 Å². The van der Waals surface area contributed by atoms with Gasteiger partial charge in [-0.15, -0.1) is 11.3 Å². The minimum atomic E-state index is -0.0437. The van der Waals surface area contributed by atoms with Crippen molar-refractivity contribution in [2.75, 3.05) is 12.3 Å². The lowest BCUT2D eigenvalue weighted by atomic mass is 9.96. The molecule has 3 nitrogen and oxygen atoms in total. The summed E-state index contributed by atoms with van der Waals surface area (Å²) in [6.45, 7) is 2.77. The van der Waals surface area contributed by atoms with E-state index in [9.17, 15) is 4.79 Å². The van der Waals surface area contributed by atoms with E-state index in [1.54, 1.807) is 23.1 Å². The van der Waals surface area contributed by atoms with Gasteiger partial charge in [-0.2, -0.15) is 0 Å². The molecule has 0 fully saturated rings. The highest BCUT2D eigenvalue weighted by Crippen LogP contribution is 2.21. The maximum Gasteiger partial charge on any atom is 0.227 e. The van der Waals surface area contributed by atoms with Gasteiger partial charge in [0.2, 0.25) is 5.91 Å². The van der Waals surface area contributed by atoms with Crippen molar-refractivity contribution in [3.8, 4) is 0 Å². The molecule has 0 saturated heterocycles. The number of hydrogen-bond acceptors (Lipinski definition) is 4. The van der Waals surface area contributed by atoms with Crippen molar-refractivity contribution in [2.45, 2.75) is 30.0 Å². The van der Waals surface area contributed by atoms with Gasteiger partial charge in [0.25, 0.3) is 0 Å². The Balaban J connectivity index is 1.70. The van der Waals surface area contributed by atoms with E-state index < -0.39 is 0 Å². The lowest BCUT2D eigenvalue weighted by molar-refractivity contribution is -0.122. The summed E-state index contributed by atoms with van der Waals surface area (Å²) in [6, 6.07) is 9.98. The number of benzene rings is 1. The van der Waals surface area contributed by atoms with Crippen molar-refractivity contribution in [3.63, 3.8) is 0 Å². The van der Waals surface area contributed by atoms with Crippen LogP contribution < -0.4 is 5.32 Å². The number of thioether (sulfide) groups is 1. The van der Waals surface area contributed by atoms with Crippen LogP contribution in [0.25, 0.3) is 0 Å². The summed E-state index contributed by atoms with van der Waals surface area (Å²) in [5.41, 5.74) is 1.09. The summed E-state index contributed by atoms with van der Waals surface area (Å²) in [5.74, 6) is 1.07. The number of thiazole rings is 1. The van der Waals surface area contributed by atoms with Gasteiger partial charge in [0.15, 0.2) is 0 Å². The average Bonchev–Trinajstić information content (AvgIpc) is 3.02. The van der Waals surface area contributed by atoms with Crippen LogP contribution in [-0.2, 0) is 4.79 Å². The van der Waals surface area contributed by atoms with Gasteiger partial charge in [-0.1, -0.05) is 49.0 Å². The highest BCUT2D eigenvalue weighted by molar-refractivity contribution is 8.00. The van der Waals surface area contributed by atoms with Gasteiger partial charge >= 0.3 is 0 Å². The number of carbonyl (C=O) groups is 1. The molecule has 2 rings (SSSR count). The van der Waals surface area contributed by atoms with Crippen molar-refractivity contribution in [2.24, 2.45) is 0 Å². The van der Waals surface area contributed by atoms with E-state index in [0.29, 0.717) is 0 Å². The van der Waals surface area contributed by atoms with Crippen LogP contribution >= 0.6 is 23.1 Å². The summed E-state index contributed by atoms with van der Waals surface area (Å²) in [6.07, 6.45) is 3.60. The first-order chi connectivity index (χ1) is 10.3. The Bertz CT molecular complexity index is 528. The molecule has 1 N–H and O–H groups in total. The molecule has 2 aromatic rings. The van der Waals surface area contributed by atoms with Gasteiger partial charge in [0, 0.05) is 23.9 Å². The fraction of sp³-hybridized carbons (Fsp3) is 0.375. The molecular formula is C16H20N2OS2. The van der Waals surface area contributed by atoms with Gasteiger partial charge in [0.05, 0.1) is 5.92 Å². The molecule has 1 aromatic heterocycles. The van der Waals surface area contributed by atoms with Crippen molar-refractivity contribution in [1.29, 1.82) is 0 Å². The van der Waals surface area contributed by atoms with E-state index in [1.807, 2.05) is 41.9 Å². The number of amides is 1. The van der Waals surface area contributed by atoms with E-state index in [-0.39, 0.29) is 11.8 Å². The molecule has 1 aromatic carbocycles. The summed E-state index contributed by atoms with van der Waals surface area (Å²) >= 11 is 3.40. The van der Waals surface area contributed by atoms with Crippen LogP contribution in [0.2, 0.25) is 0 Å². The molecular weight excluding hydrogens is 300 g/mol. The van der Waals surface area contributed by atoms with Crippen molar-refractivity contribution < 1.29 is 4.79 Å². The third-order valence-corrected chi connectivity index (χ3v) is 5.23. The quantitative estimate of drug-likeness (QED) is 0.592. The molecule has 0 aliphatic carbocycles. The third-order valence-electron chi connectivity index (χ3n) is 3.18. The Hall–Kier alpha value is -1.33. The molecule has 1 unspecified atom stereocenters. The zero-order valence-electron chi connectivity index (χ0n) is 12.1. The fourth-order valence-corrected chi connectivity index (χ4v) is 3.75. The largest absolute Gasteiger partial charge is 0.356 e. The smallest absolute Gasteiger partial charge is 0.227 e. The molecule has 0 aliphatic heterocycles. The summed E-state index contributed by atoms with van der Waals surface area (Å²) in [7, 11) is 0. The topological polar surface area (TPSA) is 42.0 Å². The molecule has 0 bridgehead atoms. The number of carbonyl (C=O) groups excluding carboxylic acids is 1. The zero-order valence-corrected chi connectivity index (χ0v) is 13.8. The van der Waals surface area contributed by atoms with Crippen LogP contribution in [-0.4, -0.2) is 23.2 Å². The number of rotatable bonds is 8. The van der Waals surface area contributed by atoms with Crippen LogP contribution in [0.3, 0.4) is 0 Å². The van der Waals surface area contributed by atoms with E-state index in [4.69, 9.17) is 0 Å². The van der Waals surface area contributed by atoms with Gasteiger partial charge in [-0.3, -0.25) is 4.79 Å². The normalized spacial score (nSPS) is 12.0. The van der Waals surface area contributed by atoms with Gasteiger partial charge in [-0.25, -0.2) is 4.98 Å². The summed E-state index contributed by atoms with van der Waals surface area (Å²) in [5, 5.41) is 5.02. The van der Waals surface area contributed by atoms with E-state index >= 15 is 0 Å². The third kappa shape index (κ3) is 5.17. The van der Waals surface area contributed by atoms with Gasteiger partial charge in [0.1, 0.15) is 4.34 Å². The Morgan fingerprint density at radius 2 is 2.19 bits per heavy atom. The van der Waals surface area contributed by atoms with Crippen molar-refractivity contribution in [3.05, 3.63) is 47.5 Å². The minimum Gasteiger partial charge on any atom is -0.356 e. The lowest BCUT2D eigenvalue weighted by Gasteiger charge is -2.15. The first-order valence-corrected chi connectivity index (χ1v) is 9.02. The number of nitrogens with zero attached hydrogens (tertiary/aromatic N) is 1. The van der Waals surface area contributed by atoms with Crippen molar-refractivity contribution in [1.82, 2.24) is 10.3 Å². The molecule has 5 heteroatoms. The average molecular weight is 320 g/mol. The van der Waals surface area contributed by atoms with Crippen LogP contribution in [0, 0.1) is 0 Å². The Labute approximate surface area is 134 Å². The highest BCUT2D eigenvalue weighted by atomic mass is 32.2. The van der Waals surface area contributed by atoms with Gasteiger partial charge < -0.3 is 5.32 Å². The second-order valence-electron chi connectivity index (χ2n) is 4.66. The molecule has 1 heterocycles. The minimum absolute atomic E-state index is 0.0437. The molecule has 0 radical (unpaired) electrons. The van der Waals surface area contributed by atoms with E-state index in [0.717, 1.165) is 35.0 Å². The van der Waals surface area contributed by atoms with Crippen molar-refractivity contribution >= 4 is 29.0 Å². The highest BCUT2D eigenvalue weighted by Gasteiger charge is 2.17. The zero-order chi connectivity index (χ0) is 14.9. The predicted octanol–water partition coefficient (Wildman–Crippen LogP) is 3.94. The molecule has 0 saturated carbocycles. The van der Waals surface area contributed by atoms with E-state index in [1.165, 1.54) is 0 Å². The van der Waals surface area contributed by atoms with E-state index in [2.05, 4.69) is 17.2 Å². The molecule has 0 spiro atoms. The predicted molar refractivity (Wildman–Crippen MR) is 89.9 cm³/mol. The van der Waals surface area contributed by atoms with Crippen LogP contribution in [0.5, 0.6) is 0 Å². The SMILES string of the molecule is CCC(C(=O)NCCCSc1nccs1)c1ccccc1. The van der Waals surface area contributed by atoms with Crippen LogP contribution in [0.15, 0.2) is 46.2 Å². The molecule has 112 valence electrons. The molecule has 21 heavy (non-hydrogen) atoms. The maximum atomic E-state index is 12.2. The first-order valence-electron chi connectivity index (χ1n) is 7.16. The standard InChI is InChI=1S/C16H20N2OS2/c1-2-14(13-7-4-3-5-8-13)15(19)17-9-6-11-20-16-18-10-12-21-16/h3-5,7-8,10,12,14H,2,6,9,11H2,1H3,(H,17,19). The molecule has 0 aliphatic rings. The number of hydrogen-bond donors (Lipinski definition) is 1. The monoisotopic (exact) mass is 320 g/mol. The Morgan fingerprint density at radius 1 is 1.38 bits per heavy atom. The maximum absolute atomic E-state index is 12.2. The summed E-state index contributed by atoms with van der Waals surface area (Å²) in [4.78, 5) is 16.5. The molecule has 1 atom stereocenters. The van der Waals surface area contributed by atoms with Crippen LogP contribution in [0.4, 0.5) is 0 Å². The van der Waals surface area contributed by atoms with Crippen LogP contribution in [0.1, 0.15) is 31.2 Å². The lowest BCUT2D eigenvalue weighted by Crippen LogP contribution is -2.30. The number of aromatic nitrogens is 1. The Kier molecular flexibility index (Phi) is 6.76. The Morgan fingerprint density at radius 3 is 2.86 bits per heavy atom. The first kappa shape index (κ1) is 16.0. The summed E-state index contributed by atoms with van der Waals surface area (Å²) < 4.78 is 1.09. The second kappa shape index (κ2) is 8.85. The fourth-order valence-electron chi connectivity index (χ4n) is 2.11. The molecule has 1 amide bonds.